The first-order chi connectivity index (χ1) is 10.3. The second-order valence-corrected chi connectivity index (χ2v) is 6.50. The van der Waals surface area contributed by atoms with Crippen LogP contribution in [0.25, 0.3) is 0 Å². The van der Waals surface area contributed by atoms with Crippen LogP contribution in [-0.2, 0) is 16.7 Å². The van der Waals surface area contributed by atoms with Gasteiger partial charge in [0.25, 0.3) is 0 Å². The zero-order chi connectivity index (χ0) is 14.5. The smallest absolute Gasteiger partial charge is 0.0490 e. The van der Waals surface area contributed by atoms with Crippen LogP contribution in [0.5, 0.6) is 0 Å². The fourth-order valence-corrected chi connectivity index (χ4v) is 3.37. The summed E-state index contributed by atoms with van der Waals surface area (Å²) in [5.41, 5.74) is 2.66. The Hall–Kier alpha value is -1.17. The highest BCUT2D eigenvalue weighted by atomic mass is 79.9. The number of aromatic amines is 1. The van der Waals surface area contributed by atoms with E-state index < -0.39 is 0 Å². The summed E-state index contributed by atoms with van der Waals surface area (Å²) in [6, 6.07) is 10.7. The van der Waals surface area contributed by atoms with Crippen LogP contribution < -0.4 is 5.32 Å². The fraction of sp³-hybridized carbons (Fsp3) is 0.438. The van der Waals surface area contributed by atoms with Gasteiger partial charge >= 0.3 is 0 Å². The van der Waals surface area contributed by atoms with E-state index in [0.717, 1.165) is 49.3 Å². The number of hydrogen-bond donors (Lipinski definition) is 2. The topological polar surface area (TPSA) is 49.9 Å². The third-order valence-corrected chi connectivity index (χ3v) is 4.72. The average Bonchev–Trinajstić information content (AvgIpc) is 3.02. The molecule has 0 aliphatic carbocycles. The summed E-state index contributed by atoms with van der Waals surface area (Å²) >= 11 is 3.59. The SMILES string of the molecule is Brc1cccc(C2(CNCc3ccn[nH]3)CCOCC2)c1. The minimum absolute atomic E-state index is 0.155. The molecule has 21 heavy (non-hydrogen) atoms. The number of H-pyrrole nitrogens is 1. The number of nitrogens with zero attached hydrogens (tertiary/aromatic N) is 1. The van der Waals surface area contributed by atoms with Crippen LogP contribution >= 0.6 is 15.9 Å². The van der Waals surface area contributed by atoms with Gasteiger partial charge in [-0.3, -0.25) is 5.10 Å². The Morgan fingerprint density at radius 1 is 1.29 bits per heavy atom. The monoisotopic (exact) mass is 349 g/mol. The molecule has 0 unspecified atom stereocenters. The third kappa shape index (κ3) is 3.54. The number of aromatic nitrogens is 2. The van der Waals surface area contributed by atoms with E-state index in [1.54, 1.807) is 6.20 Å². The molecule has 1 aromatic carbocycles. The highest BCUT2D eigenvalue weighted by molar-refractivity contribution is 9.10. The third-order valence-electron chi connectivity index (χ3n) is 4.22. The molecule has 0 bridgehead atoms. The Bertz CT molecular complexity index is 565. The van der Waals surface area contributed by atoms with Gasteiger partial charge in [0.1, 0.15) is 0 Å². The maximum Gasteiger partial charge on any atom is 0.0490 e. The maximum absolute atomic E-state index is 5.57. The lowest BCUT2D eigenvalue weighted by atomic mass is 9.74. The molecule has 2 aromatic rings. The van der Waals surface area contributed by atoms with Gasteiger partial charge in [0, 0.05) is 48.1 Å². The first kappa shape index (κ1) is 14.8. The van der Waals surface area contributed by atoms with E-state index in [0.29, 0.717) is 0 Å². The van der Waals surface area contributed by atoms with Crippen LogP contribution in [0.3, 0.4) is 0 Å². The zero-order valence-corrected chi connectivity index (χ0v) is 13.5. The van der Waals surface area contributed by atoms with Crippen molar-refractivity contribution >= 4 is 15.9 Å². The van der Waals surface area contributed by atoms with Crippen molar-refractivity contribution in [2.24, 2.45) is 0 Å². The largest absolute Gasteiger partial charge is 0.381 e. The number of benzene rings is 1. The average molecular weight is 350 g/mol. The normalized spacial score (nSPS) is 17.8. The molecular formula is C16H20BrN3O. The van der Waals surface area contributed by atoms with Gasteiger partial charge in [0.05, 0.1) is 0 Å². The minimum atomic E-state index is 0.155. The molecule has 0 saturated carbocycles. The molecule has 1 aliphatic rings. The van der Waals surface area contributed by atoms with Crippen molar-refractivity contribution in [3.8, 4) is 0 Å². The lowest BCUT2D eigenvalue weighted by Gasteiger charge is -2.38. The van der Waals surface area contributed by atoms with Crippen molar-refractivity contribution in [1.29, 1.82) is 0 Å². The van der Waals surface area contributed by atoms with Crippen molar-refractivity contribution in [3.63, 3.8) is 0 Å². The van der Waals surface area contributed by atoms with Crippen LogP contribution in [0.2, 0.25) is 0 Å². The van der Waals surface area contributed by atoms with Gasteiger partial charge in [-0.25, -0.2) is 0 Å². The van der Waals surface area contributed by atoms with Gasteiger partial charge in [0.15, 0.2) is 0 Å². The summed E-state index contributed by atoms with van der Waals surface area (Å²) in [5, 5.41) is 10.5. The molecule has 0 spiro atoms. The molecule has 4 nitrogen and oxygen atoms in total. The van der Waals surface area contributed by atoms with E-state index in [1.165, 1.54) is 5.56 Å². The zero-order valence-electron chi connectivity index (χ0n) is 11.9. The van der Waals surface area contributed by atoms with E-state index >= 15 is 0 Å². The molecule has 1 saturated heterocycles. The quantitative estimate of drug-likeness (QED) is 0.872. The van der Waals surface area contributed by atoms with Gasteiger partial charge in [-0.15, -0.1) is 0 Å². The van der Waals surface area contributed by atoms with Gasteiger partial charge < -0.3 is 10.1 Å². The Morgan fingerprint density at radius 2 is 2.14 bits per heavy atom. The first-order valence-electron chi connectivity index (χ1n) is 7.31. The van der Waals surface area contributed by atoms with Crippen molar-refractivity contribution in [2.45, 2.75) is 24.8 Å². The van der Waals surface area contributed by atoms with Crippen molar-refractivity contribution in [2.75, 3.05) is 19.8 Å². The minimum Gasteiger partial charge on any atom is -0.381 e. The maximum atomic E-state index is 5.57. The summed E-state index contributed by atoms with van der Waals surface area (Å²) < 4.78 is 6.71. The molecule has 0 amide bonds. The lowest BCUT2D eigenvalue weighted by Crippen LogP contribution is -2.42. The number of rotatable bonds is 5. The molecule has 0 atom stereocenters. The van der Waals surface area contributed by atoms with Gasteiger partial charge in [-0.05, 0) is 36.6 Å². The van der Waals surface area contributed by atoms with Gasteiger partial charge in [0.2, 0.25) is 0 Å². The predicted octanol–water partition coefficient (Wildman–Crippen LogP) is 3.01. The standard InChI is InChI=1S/C16H20BrN3O/c17-14-3-1-2-13(10-14)16(5-8-21-9-6-16)12-18-11-15-4-7-19-20-15/h1-4,7,10,18H,5-6,8-9,11-12H2,(H,19,20). The van der Waals surface area contributed by atoms with Crippen LogP contribution in [0, 0.1) is 0 Å². The molecule has 0 radical (unpaired) electrons. The van der Waals surface area contributed by atoms with E-state index in [2.05, 4.69) is 55.7 Å². The van der Waals surface area contributed by atoms with Crippen LogP contribution in [0.15, 0.2) is 41.0 Å². The molecule has 2 N–H and O–H groups in total. The van der Waals surface area contributed by atoms with Crippen molar-refractivity contribution in [3.05, 3.63) is 52.3 Å². The number of hydrogen-bond acceptors (Lipinski definition) is 3. The van der Waals surface area contributed by atoms with E-state index in [1.807, 2.05) is 6.07 Å². The predicted molar refractivity (Wildman–Crippen MR) is 86.2 cm³/mol. The Kier molecular flexibility index (Phi) is 4.73. The Morgan fingerprint density at radius 3 is 2.86 bits per heavy atom. The van der Waals surface area contributed by atoms with E-state index in [-0.39, 0.29) is 5.41 Å². The number of nitrogens with one attached hydrogen (secondary N) is 2. The van der Waals surface area contributed by atoms with Crippen LogP contribution in [0.1, 0.15) is 24.1 Å². The van der Waals surface area contributed by atoms with Crippen molar-refractivity contribution in [1.82, 2.24) is 15.5 Å². The molecule has 5 heteroatoms. The second kappa shape index (κ2) is 6.73. The molecule has 1 fully saturated rings. The van der Waals surface area contributed by atoms with Gasteiger partial charge in [-0.1, -0.05) is 28.1 Å². The molecular weight excluding hydrogens is 330 g/mol. The first-order valence-corrected chi connectivity index (χ1v) is 8.11. The molecule has 1 aliphatic heterocycles. The van der Waals surface area contributed by atoms with E-state index in [4.69, 9.17) is 4.74 Å². The van der Waals surface area contributed by atoms with Crippen LogP contribution in [0.4, 0.5) is 0 Å². The lowest BCUT2D eigenvalue weighted by molar-refractivity contribution is 0.0497. The highest BCUT2D eigenvalue weighted by Gasteiger charge is 2.34. The Balaban J connectivity index is 1.73. The molecule has 112 valence electrons. The number of ether oxygens (including phenoxy) is 1. The summed E-state index contributed by atoms with van der Waals surface area (Å²) in [7, 11) is 0. The van der Waals surface area contributed by atoms with Gasteiger partial charge in [-0.2, -0.15) is 5.10 Å². The van der Waals surface area contributed by atoms with Crippen molar-refractivity contribution < 1.29 is 4.74 Å². The summed E-state index contributed by atoms with van der Waals surface area (Å²) in [4.78, 5) is 0. The second-order valence-electron chi connectivity index (χ2n) is 5.59. The number of halogens is 1. The fourth-order valence-electron chi connectivity index (χ4n) is 2.97. The summed E-state index contributed by atoms with van der Waals surface area (Å²) in [6.07, 6.45) is 3.90. The van der Waals surface area contributed by atoms with Crippen LogP contribution in [-0.4, -0.2) is 30.0 Å². The Labute approximate surface area is 133 Å². The summed E-state index contributed by atoms with van der Waals surface area (Å²) in [6.45, 7) is 3.43. The molecule has 3 rings (SSSR count). The highest BCUT2D eigenvalue weighted by Crippen LogP contribution is 2.35. The molecule has 2 heterocycles. The summed E-state index contributed by atoms with van der Waals surface area (Å²) in [5.74, 6) is 0. The molecule has 1 aromatic heterocycles. The van der Waals surface area contributed by atoms with E-state index in [9.17, 15) is 0 Å².